The molecule has 0 spiro atoms. The molecular weight excluding hydrogens is 365 g/mol. The van der Waals surface area contributed by atoms with Crippen molar-refractivity contribution in [3.05, 3.63) is 16.8 Å². The fourth-order valence-electron chi connectivity index (χ4n) is 1.78. The third kappa shape index (κ3) is 4.81. The number of nitrogens with zero attached hydrogens (tertiary/aromatic N) is 2. The summed E-state index contributed by atoms with van der Waals surface area (Å²) in [5.41, 5.74) is 1.02. The van der Waals surface area contributed by atoms with Crippen LogP contribution in [0, 0.1) is 13.8 Å². The van der Waals surface area contributed by atoms with Gasteiger partial charge in [0.05, 0.1) is 5.75 Å². The normalized spacial score (nSPS) is 11.5. The number of hydrogen-bond acceptors (Lipinski definition) is 6. The maximum Gasteiger partial charge on any atom is 0.405 e. The first-order valence-electron chi connectivity index (χ1n) is 6.65. The molecule has 2 aromatic rings. The first-order valence-corrected chi connectivity index (χ1v) is 8.45. The number of fused-ring (bicyclic) bond motifs is 1. The number of hydrogen-bond donors (Lipinski definition) is 2. The minimum absolute atomic E-state index is 0.153. The summed E-state index contributed by atoms with van der Waals surface area (Å²) >= 11 is 2.60. The average Bonchev–Trinajstić information content (AvgIpc) is 2.78. The van der Waals surface area contributed by atoms with Gasteiger partial charge in [0.2, 0.25) is 5.91 Å². The van der Waals surface area contributed by atoms with Gasteiger partial charge in [0.15, 0.2) is 0 Å². The number of thioether (sulfide) groups is 1. The van der Waals surface area contributed by atoms with E-state index >= 15 is 0 Å². The van der Waals surface area contributed by atoms with Crippen LogP contribution in [0.2, 0.25) is 0 Å². The molecule has 6 nitrogen and oxygen atoms in total. The SMILES string of the molecule is Cc1sc2ncnc(SCC(=O)NC(=O)NCC(F)(F)F)c2c1C. The van der Waals surface area contributed by atoms with Crippen molar-refractivity contribution >= 4 is 45.3 Å². The number of rotatable bonds is 4. The lowest BCUT2D eigenvalue weighted by atomic mass is 10.2. The minimum atomic E-state index is -4.53. The summed E-state index contributed by atoms with van der Waals surface area (Å²) in [6.45, 7) is 2.37. The summed E-state index contributed by atoms with van der Waals surface area (Å²) in [5.74, 6) is -0.865. The van der Waals surface area contributed by atoms with E-state index in [1.165, 1.54) is 17.7 Å². The van der Waals surface area contributed by atoms with Crippen LogP contribution in [0.1, 0.15) is 10.4 Å². The molecule has 0 fully saturated rings. The number of urea groups is 1. The quantitative estimate of drug-likeness (QED) is 0.631. The monoisotopic (exact) mass is 378 g/mol. The van der Waals surface area contributed by atoms with E-state index in [0.717, 1.165) is 32.4 Å². The maximum atomic E-state index is 12.0. The lowest BCUT2D eigenvalue weighted by molar-refractivity contribution is -0.124. The second-order valence-electron chi connectivity index (χ2n) is 4.78. The van der Waals surface area contributed by atoms with Crippen molar-refractivity contribution in [1.82, 2.24) is 20.6 Å². The topological polar surface area (TPSA) is 84.0 Å². The van der Waals surface area contributed by atoms with Crippen molar-refractivity contribution in [2.24, 2.45) is 0 Å². The Bertz CT molecular complexity index is 776. The first-order chi connectivity index (χ1) is 11.2. The van der Waals surface area contributed by atoms with Crippen LogP contribution in [0.5, 0.6) is 0 Å². The number of carbonyl (C=O) groups is 2. The van der Waals surface area contributed by atoms with Crippen molar-refractivity contribution in [2.75, 3.05) is 12.3 Å². The molecule has 2 heterocycles. The van der Waals surface area contributed by atoms with Gasteiger partial charge in [-0.15, -0.1) is 11.3 Å². The Morgan fingerprint density at radius 3 is 2.67 bits per heavy atom. The predicted octanol–water partition coefficient (Wildman–Crippen LogP) is 2.79. The third-order valence-corrected chi connectivity index (χ3v) is 5.08. The summed E-state index contributed by atoms with van der Waals surface area (Å²) < 4.78 is 35.9. The van der Waals surface area contributed by atoms with E-state index in [1.54, 1.807) is 5.32 Å². The highest BCUT2D eigenvalue weighted by Gasteiger charge is 2.28. The van der Waals surface area contributed by atoms with Crippen LogP contribution < -0.4 is 10.6 Å². The molecule has 24 heavy (non-hydrogen) atoms. The van der Waals surface area contributed by atoms with Crippen molar-refractivity contribution in [3.63, 3.8) is 0 Å². The molecule has 0 bridgehead atoms. The fourth-order valence-corrected chi connectivity index (χ4v) is 3.70. The van der Waals surface area contributed by atoms with Gasteiger partial charge in [0, 0.05) is 10.3 Å². The zero-order chi connectivity index (χ0) is 17.9. The standard InChI is InChI=1S/C13H13F3N4O2S2/c1-6-7(2)24-11-9(6)10(18-5-19-11)23-3-8(21)20-12(22)17-4-13(14,15)16/h5H,3-4H2,1-2H3,(H2,17,20,21,22). The fraction of sp³-hybridized carbons (Fsp3) is 0.385. The Labute approximate surface area is 143 Å². The Hall–Kier alpha value is -1.88. The Morgan fingerprint density at radius 2 is 2.00 bits per heavy atom. The van der Waals surface area contributed by atoms with E-state index < -0.39 is 24.7 Å². The first kappa shape index (κ1) is 18.5. The number of thiophene rings is 1. The number of halogens is 3. The lowest BCUT2D eigenvalue weighted by Crippen LogP contribution is -2.43. The van der Waals surface area contributed by atoms with E-state index in [2.05, 4.69) is 9.97 Å². The van der Waals surface area contributed by atoms with Crippen molar-refractivity contribution in [1.29, 1.82) is 0 Å². The minimum Gasteiger partial charge on any atom is -0.329 e. The van der Waals surface area contributed by atoms with Gasteiger partial charge in [0.1, 0.15) is 22.7 Å². The molecule has 11 heteroatoms. The summed E-state index contributed by atoms with van der Waals surface area (Å²) in [6, 6.07) is -1.19. The summed E-state index contributed by atoms with van der Waals surface area (Å²) in [7, 11) is 0. The molecule has 0 aliphatic heterocycles. The molecule has 0 saturated carbocycles. The van der Waals surface area contributed by atoms with Gasteiger partial charge in [-0.05, 0) is 19.4 Å². The Balaban J connectivity index is 1.94. The molecule has 130 valence electrons. The smallest absolute Gasteiger partial charge is 0.329 e. The largest absolute Gasteiger partial charge is 0.405 e. The number of amides is 3. The van der Waals surface area contributed by atoms with Crippen LogP contribution in [0.25, 0.3) is 10.2 Å². The van der Waals surface area contributed by atoms with E-state index in [0.29, 0.717) is 5.03 Å². The highest BCUT2D eigenvalue weighted by molar-refractivity contribution is 8.00. The molecule has 0 aliphatic rings. The van der Waals surface area contributed by atoms with Crippen LogP contribution in [0.3, 0.4) is 0 Å². The average molecular weight is 378 g/mol. The zero-order valence-corrected chi connectivity index (χ0v) is 14.3. The van der Waals surface area contributed by atoms with Crippen LogP contribution >= 0.6 is 23.1 Å². The molecule has 0 saturated heterocycles. The number of carbonyl (C=O) groups excluding carboxylic acids is 2. The third-order valence-electron chi connectivity index (χ3n) is 2.97. The van der Waals surface area contributed by atoms with E-state index in [9.17, 15) is 22.8 Å². The van der Waals surface area contributed by atoms with Gasteiger partial charge in [0.25, 0.3) is 0 Å². The Morgan fingerprint density at radius 1 is 1.29 bits per heavy atom. The van der Waals surface area contributed by atoms with E-state index in [1.807, 2.05) is 19.2 Å². The predicted molar refractivity (Wildman–Crippen MR) is 85.2 cm³/mol. The second-order valence-corrected chi connectivity index (χ2v) is 6.94. The Kier molecular flexibility index (Phi) is 5.65. The van der Waals surface area contributed by atoms with E-state index in [4.69, 9.17) is 0 Å². The van der Waals surface area contributed by atoms with Crippen molar-refractivity contribution < 1.29 is 22.8 Å². The second kappa shape index (κ2) is 7.34. The van der Waals surface area contributed by atoms with Crippen molar-refractivity contribution in [2.45, 2.75) is 25.0 Å². The van der Waals surface area contributed by atoms with Gasteiger partial charge in [-0.2, -0.15) is 13.2 Å². The van der Waals surface area contributed by atoms with Crippen LogP contribution in [0.15, 0.2) is 11.4 Å². The van der Waals surface area contributed by atoms with Gasteiger partial charge < -0.3 is 5.32 Å². The number of imide groups is 1. The summed E-state index contributed by atoms with van der Waals surface area (Å²) in [4.78, 5) is 33.1. The van der Waals surface area contributed by atoms with Crippen LogP contribution in [-0.4, -0.2) is 40.4 Å². The highest BCUT2D eigenvalue weighted by Crippen LogP contribution is 2.34. The van der Waals surface area contributed by atoms with Gasteiger partial charge in [-0.1, -0.05) is 11.8 Å². The molecule has 0 unspecified atom stereocenters. The number of alkyl halides is 3. The van der Waals surface area contributed by atoms with Gasteiger partial charge >= 0.3 is 12.2 Å². The maximum absolute atomic E-state index is 12.0. The molecule has 2 aromatic heterocycles. The highest BCUT2D eigenvalue weighted by atomic mass is 32.2. The lowest BCUT2D eigenvalue weighted by Gasteiger charge is -2.09. The van der Waals surface area contributed by atoms with Gasteiger partial charge in [-0.25, -0.2) is 14.8 Å². The number of aromatic nitrogens is 2. The molecule has 2 N–H and O–H groups in total. The van der Waals surface area contributed by atoms with Crippen LogP contribution in [0.4, 0.5) is 18.0 Å². The molecule has 0 atom stereocenters. The molecule has 3 amide bonds. The van der Waals surface area contributed by atoms with E-state index in [-0.39, 0.29) is 5.75 Å². The molecule has 0 aliphatic carbocycles. The molecular formula is C13H13F3N4O2S2. The molecule has 2 rings (SSSR count). The van der Waals surface area contributed by atoms with Crippen molar-refractivity contribution in [3.8, 4) is 0 Å². The summed E-state index contributed by atoms with van der Waals surface area (Å²) in [6.07, 6.45) is -3.15. The zero-order valence-electron chi connectivity index (χ0n) is 12.7. The van der Waals surface area contributed by atoms with Gasteiger partial charge in [-0.3, -0.25) is 10.1 Å². The number of nitrogens with one attached hydrogen (secondary N) is 2. The molecule has 0 radical (unpaired) electrons. The van der Waals surface area contributed by atoms with Crippen LogP contribution in [-0.2, 0) is 4.79 Å². The molecule has 0 aromatic carbocycles. The summed E-state index contributed by atoms with van der Waals surface area (Å²) in [5, 5.41) is 4.84. The number of aryl methyl sites for hydroxylation is 2.